The van der Waals surface area contributed by atoms with Crippen molar-refractivity contribution < 1.29 is 0 Å². The van der Waals surface area contributed by atoms with Crippen LogP contribution in [0.5, 0.6) is 0 Å². The molecule has 2 atom stereocenters. The molecule has 0 aromatic heterocycles. The first-order valence-corrected chi connectivity index (χ1v) is 5.18. The smallest absolute Gasteiger partial charge is 0.0102 e. The molecule has 0 amide bonds. The molecular formula is C11H23N. The van der Waals surface area contributed by atoms with Crippen LogP contribution in [0.1, 0.15) is 53.4 Å². The van der Waals surface area contributed by atoms with Gasteiger partial charge < -0.3 is 5.73 Å². The highest BCUT2D eigenvalue weighted by Gasteiger charge is 2.51. The van der Waals surface area contributed by atoms with E-state index in [2.05, 4.69) is 27.7 Å². The molecule has 1 saturated carbocycles. The predicted octanol–water partition coefficient (Wildman–Crippen LogP) is 2.94. The average Bonchev–Trinajstić information content (AvgIpc) is 2.37. The predicted molar refractivity (Wildman–Crippen MR) is 54.0 cm³/mol. The normalized spacial score (nSPS) is 35.2. The van der Waals surface area contributed by atoms with Crippen LogP contribution < -0.4 is 5.73 Å². The fourth-order valence-electron chi connectivity index (χ4n) is 2.64. The van der Waals surface area contributed by atoms with Crippen molar-refractivity contribution in [3.8, 4) is 0 Å². The van der Waals surface area contributed by atoms with Gasteiger partial charge in [-0.2, -0.15) is 0 Å². The third-order valence-corrected chi connectivity index (χ3v) is 3.15. The third-order valence-electron chi connectivity index (χ3n) is 3.15. The zero-order valence-corrected chi connectivity index (χ0v) is 8.98. The molecule has 0 saturated heterocycles. The van der Waals surface area contributed by atoms with Crippen LogP contribution in [0.25, 0.3) is 0 Å². The van der Waals surface area contributed by atoms with Crippen LogP contribution in [0, 0.1) is 11.3 Å². The van der Waals surface area contributed by atoms with Gasteiger partial charge in [-0.15, -0.1) is 0 Å². The van der Waals surface area contributed by atoms with Crippen molar-refractivity contribution in [2.45, 2.75) is 58.9 Å². The van der Waals surface area contributed by atoms with Gasteiger partial charge in [-0.1, -0.05) is 20.3 Å². The Hall–Kier alpha value is -0.0400. The molecule has 0 radical (unpaired) electrons. The molecule has 0 aliphatic heterocycles. The molecule has 1 heteroatoms. The molecule has 1 aliphatic carbocycles. The van der Waals surface area contributed by atoms with Crippen molar-refractivity contribution in [3.63, 3.8) is 0 Å². The van der Waals surface area contributed by atoms with Gasteiger partial charge in [-0.05, 0) is 44.4 Å². The van der Waals surface area contributed by atoms with E-state index >= 15 is 0 Å². The average molecular weight is 169 g/mol. The Balaban J connectivity index is 2.48. The minimum Gasteiger partial charge on any atom is -0.326 e. The molecule has 1 nitrogen and oxygen atoms in total. The van der Waals surface area contributed by atoms with Crippen molar-refractivity contribution in [1.29, 1.82) is 0 Å². The van der Waals surface area contributed by atoms with Crippen LogP contribution in [0.3, 0.4) is 0 Å². The van der Waals surface area contributed by atoms with E-state index in [9.17, 15) is 0 Å². The Kier molecular flexibility index (Phi) is 2.53. The lowest BCUT2D eigenvalue weighted by Gasteiger charge is -2.26. The topological polar surface area (TPSA) is 26.0 Å². The summed E-state index contributed by atoms with van der Waals surface area (Å²) in [6, 6.07) is 0. The lowest BCUT2D eigenvalue weighted by molar-refractivity contribution is 0.302. The Morgan fingerprint density at radius 1 is 1.50 bits per heavy atom. The molecule has 0 spiro atoms. The Labute approximate surface area is 76.7 Å². The van der Waals surface area contributed by atoms with E-state index in [1.807, 2.05) is 0 Å². The van der Waals surface area contributed by atoms with Crippen molar-refractivity contribution in [3.05, 3.63) is 0 Å². The van der Waals surface area contributed by atoms with Gasteiger partial charge in [-0.3, -0.25) is 0 Å². The third kappa shape index (κ3) is 2.22. The minimum atomic E-state index is 0.0277. The first-order valence-electron chi connectivity index (χ1n) is 5.18. The Morgan fingerprint density at radius 3 is 2.25 bits per heavy atom. The highest BCUT2D eigenvalue weighted by atomic mass is 14.7. The van der Waals surface area contributed by atoms with Gasteiger partial charge in [0.1, 0.15) is 0 Å². The van der Waals surface area contributed by atoms with Crippen molar-refractivity contribution in [2.24, 2.45) is 17.1 Å². The van der Waals surface area contributed by atoms with Gasteiger partial charge >= 0.3 is 0 Å². The van der Waals surface area contributed by atoms with Crippen LogP contribution in [-0.2, 0) is 0 Å². The molecule has 72 valence electrons. The van der Waals surface area contributed by atoms with E-state index in [1.165, 1.54) is 25.7 Å². The minimum absolute atomic E-state index is 0.0277. The van der Waals surface area contributed by atoms with E-state index in [0.29, 0.717) is 5.41 Å². The Morgan fingerprint density at radius 2 is 2.00 bits per heavy atom. The van der Waals surface area contributed by atoms with Crippen molar-refractivity contribution >= 4 is 0 Å². The summed E-state index contributed by atoms with van der Waals surface area (Å²) in [6.45, 7) is 8.93. The fourth-order valence-corrected chi connectivity index (χ4v) is 2.64. The van der Waals surface area contributed by atoms with Crippen LogP contribution >= 0.6 is 0 Å². The lowest BCUT2D eigenvalue weighted by atomic mass is 9.84. The maximum absolute atomic E-state index is 6.05. The molecule has 0 heterocycles. The monoisotopic (exact) mass is 169 g/mol. The van der Waals surface area contributed by atoms with E-state index in [-0.39, 0.29) is 5.54 Å². The Bertz CT molecular complexity index is 157. The van der Waals surface area contributed by atoms with Crippen molar-refractivity contribution in [1.82, 2.24) is 0 Å². The number of rotatable bonds is 4. The summed E-state index contributed by atoms with van der Waals surface area (Å²) in [5, 5.41) is 0. The zero-order valence-electron chi connectivity index (χ0n) is 8.98. The molecular weight excluding hydrogens is 146 g/mol. The molecule has 1 aliphatic rings. The van der Waals surface area contributed by atoms with Crippen molar-refractivity contribution in [2.75, 3.05) is 0 Å². The van der Waals surface area contributed by atoms with E-state index in [0.717, 1.165) is 5.92 Å². The number of hydrogen-bond donors (Lipinski definition) is 1. The molecule has 0 bridgehead atoms. The SMILES string of the molecule is CCCC1(CC(C)(C)N)CC1C. The highest BCUT2D eigenvalue weighted by Crippen LogP contribution is 2.59. The summed E-state index contributed by atoms with van der Waals surface area (Å²) in [4.78, 5) is 0. The van der Waals surface area contributed by atoms with Gasteiger partial charge in [0, 0.05) is 5.54 Å². The molecule has 2 unspecified atom stereocenters. The van der Waals surface area contributed by atoms with Gasteiger partial charge in [0.2, 0.25) is 0 Å². The summed E-state index contributed by atoms with van der Waals surface area (Å²) < 4.78 is 0. The van der Waals surface area contributed by atoms with Crippen LogP contribution in [0.15, 0.2) is 0 Å². The van der Waals surface area contributed by atoms with Gasteiger partial charge in [-0.25, -0.2) is 0 Å². The summed E-state index contributed by atoms with van der Waals surface area (Å²) in [5.41, 5.74) is 6.70. The molecule has 1 fully saturated rings. The molecule has 1 rings (SSSR count). The lowest BCUT2D eigenvalue weighted by Crippen LogP contribution is -2.35. The number of nitrogens with two attached hydrogens (primary N) is 1. The molecule has 0 aromatic rings. The van der Waals surface area contributed by atoms with Crippen LogP contribution in [0.4, 0.5) is 0 Å². The summed E-state index contributed by atoms with van der Waals surface area (Å²) >= 11 is 0. The quantitative estimate of drug-likeness (QED) is 0.688. The largest absolute Gasteiger partial charge is 0.326 e. The summed E-state index contributed by atoms with van der Waals surface area (Å²) in [5.74, 6) is 0.917. The zero-order chi connectivity index (χ0) is 9.41. The first kappa shape index (κ1) is 10.0. The highest BCUT2D eigenvalue weighted by molar-refractivity contribution is 5.03. The van der Waals surface area contributed by atoms with Crippen LogP contribution in [0.2, 0.25) is 0 Å². The second-order valence-corrected chi connectivity index (χ2v) is 5.38. The van der Waals surface area contributed by atoms with Gasteiger partial charge in [0.25, 0.3) is 0 Å². The second-order valence-electron chi connectivity index (χ2n) is 5.38. The maximum atomic E-state index is 6.05. The first-order chi connectivity index (χ1) is 5.40. The summed E-state index contributed by atoms with van der Waals surface area (Å²) in [6.07, 6.45) is 5.28. The standard InChI is InChI=1S/C11H23N/c1-5-6-11(7-9(11)2)8-10(3,4)12/h9H,5-8,12H2,1-4H3. The maximum Gasteiger partial charge on any atom is 0.0102 e. The van der Waals surface area contributed by atoms with Gasteiger partial charge in [0.15, 0.2) is 0 Å². The molecule has 0 aromatic carbocycles. The molecule has 12 heavy (non-hydrogen) atoms. The van der Waals surface area contributed by atoms with E-state index in [1.54, 1.807) is 0 Å². The number of hydrogen-bond acceptors (Lipinski definition) is 1. The fraction of sp³-hybridized carbons (Fsp3) is 1.00. The van der Waals surface area contributed by atoms with E-state index in [4.69, 9.17) is 5.73 Å². The van der Waals surface area contributed by atoms with Gasteiger partial charge in [0.05, 0.1) is 0 Å². The second kappa shape index (κ2) is 3.02. The van der Waals surface area contributed by atoms with E-state index < -0.39 is 0 Å². The summed E-state index contributed by atoms with van der Waals surface area (Å²) in [7, 11) is 0. The molecule has 2 N–H and O–H groups in total. The van der Waals surface area contributed by atoms with Crippen LogP contribution in [-0.4, -0.2) is 5.54 Å².